The van der Waals surface area contributed by atoms with E-state index in [1.807, 2.05) is 36.4 Å². The lowest BCUT2D eigenvalue weighted by atomic mass is 9.89. The van der Waals surface area contributed by atoms with Crippen LogP contribution in [0.1, 0.15) is 36.8 Å². The number of sulfonamides is 1. The summed E-state index contributed by atoms with van der Waals surface area (Å²) in [5.74, 6) is 0.423. The third-order valence-corrected chi connectivity index (χ3v) is 7.95. The Morgan fingerprint density at radius 1 is 0.891 bits per heavy atom. The number of piperidine rings is 1. The van der Waals surface area contributed by atoms with Crippen LogP contribution in [0.2, 0.25) is 0 Å². The molecule has 1 aliphatic heterocycles. The highest BCUT2D eigenvalue weighted by Crippen LogP contribution is 2.30. The summed E-state index contributed by atoms with van der Waals surface area (Å²) in [4.78, 5) is 30.6. The first-order valence-electron chi connectivity index (χ1n) is 14.7. The topological polar surface area (TPSA) is 142 Å². The standard InChI is InChI=1S/C33H35FN6O5S/c1-22(41)36-31-19-28(10-13-30(31)34)38-33(42)37-26-6-4-24(5-7-26)25-15-17-40(18-16-25)21-23-3-14-32(35-20-23)45-29-11-8-27(9-12-29)39-46(2,43)44/h3-14,19-20,25,39H,15-18,21H2,1-2H3,(H,36,41)(H2,37,38,42). The van der Waals surface area contributed by atoms with E-state index in [0.29, 0.717) is 34.6 Å². The number of rotatable bonds is 10. The molecular formula is C33H35FN6O5S. The van der Waals surface area contributed by atoms with E-state index < -0.39 is 27.8 Å². The minimum Gasteiger partial charge on any atom is -0.439 e. The van der Waals surface area contributed by atoms with E-state index in [-0.39, 0.29) is 5.69 Å². The van der Waals surface area contributed by atoms with Crippen molar-refractivity contribution < 1.29 is 27.1 Å². The third kappa shape index (κ3) is 9.49. The maximum Gasteiger partial charge on any atom is 0.323 e. The van der Waals surface area contributed by atoms with Gasteiger partial charge >= 0.3 is 6.03 Å². The largest absolute Gasteiger partial charge is 0.439 e. The zero-order valence-electron chi connectivity index (χ0n) is 25.4. The Labute approximate surface area is 267 Å². The van der Waals surface area contributed by atoms with Gasteiger partial charge in [0.05, 0.1) is 11.9 Å². The summed E-state index contributed by atoms with van der Waals surface area (Å²) < 4.78 is 44.8. The predicted molar refractivity (Wildman–Crippen MR) is 176 cm³/mol. The molecule has 0 aliphatic carbocycles. The van der Waals surface area contributed by atoms with Crippen LogP contribution in [0.3, 0.4) is 0 Å². The van der Waals surface area contributed by atoms with Crippen molar-refractivity contribution in [3.8, 4) is 11.6 Å². The Morgan fingerprint density at radius 2 is 1.54 bits per heavy atom. The summed E-state index contributed by atoms with van der Waals surface area (Å²) in [6, 6.07) is 21.7. The molecule has 4 N–H and O–H groups in total. The normalized spacial score (nSPS) is 13.9. The van der Waals surface area contributed by atoms with Gasteiger partial charge in [-0.1, -0.05) is 18.2 Å². The van der Waals surface area contributed by atoms with E-state index in [0.717, 1.165) is 44.3 Å². The molecule has 0 atom stereocenters. The minimum absolute atomic E-state index is 0.00667. The Balaban J connectivity index is 1.06. The summed E-state index contributed by atoms with van der Waals surface area (Å²) >= 11 is 0. The molecule has 46 heavy (non-hydrogen) atoms. The Kier molecular flexibility index (Phi) is 10.1. The van der Waals surface area contributed by atoms with Crippen LogP contribution in [0.25, 0.3) is 0 Å². The molecule has 1 aliphatic rings. The summed E-state index contributed by atoms with van der Waals surface area (Å²) in [5.41, 5.74) is 3.73. The number of amides is 3. The molecule has 0 unspecified atom stereocenters. The van der Waals surface area contributed by atoms with Crippen molar-refractivity contribution in [3.05, 3.63) is 102 Å². The van der Waals surface area contributed by atoms with Gasteiger partial charge in [-0.15, -0.1) is 0 Å². The number of ether oxygens (including phenoxy) is 1. The lowest BCUT2D eigenvalue weighted by Gasteiger charge is -2.32. The number of hydrogen-bond donors (Lipinski definition) is 4. The summed E-state index contributed by atoms with van der Waals surface area (Å²) in [6.45, 7) is 3.95. The van der Waals surface area contributed by atoms with Gasteiger partial charge in [-0.3, -0.25) is 14.4 Å². The van der Waals surface area contributed by atoms with E-state index >= 15 is 0 Å². The van der Waals surface area contributed by atoms with Crippen LogP contribution in [0, 0.1) is 5.82 Å². The highest BCUT2D eigenvalue weighted by Gasteiger charge is 2.21. The molecule has 240 valence electrons. The number of hydrogen-bond acceptors (Lipinski definition) is 7. The zero-order chi connectivity index (χ0) is 32.7. The second-order valence-electron chi connectivity index (χ2n) is 11.1. The summed E-state index contributed by atoms with van der Waals surface area (Å²) in [6.07, 6.45) is 4.92. The number of anilines is 4. The van der Waals surface area contributed by atoms with Gasteiger partial charge in [0.15, 0.2) is 0 Å². The summed E-state index contributed by atoms with van der Waals surface area (Å²) in [5, 5.41) is 7.83. The van der Waals surface area contributed by atoms with E-state index in [4.69, 9.17) is 4.74 Å². The van der Waals surface area contributed by atoms with E-state index in [2.05, 4.69) is 30.6 Å². The number of urea groups is 1. The highest BCUT2D eigenvalue weighted by atomic mass is 32.2. The number of pyridine rings is 1. The number of nitrogens with one attached hydrogen (secondary N) is 4. The maximum absolute atomic E-state index is 13.9. The molecule has 0 spiro atoms. The van der Waals surface area contributed by atoms with Gasteiger partial charge in [-0.25, -0.2) is 22.6 Å². The fraction of sp³-hybridized carbons (Fsp3) is 0.242. The predicted octanol–water partition coefficient (Wildman–Crippen LogP) is 6.37. The molecule has 3 aromatic carbocycles. The second-order valence-corrected chi connectivity index (χ2v) is 12.9. The molecule has 11 nitrogen and oxygen atoms in total. The number of carbonyl (C=O) groups is 2. The van der Waals surface area contributed by atoms with Gasteiger partial charge in [-0.2, -0.15) is 0 Å². The average molecular weight is 647 g/mol. The second kappa shape index (κ2) is 14.4. The number of halogens is 1. The Morgan fingerprint density at radius 3 is 2.17 bits per heavy atom. The molecule has 1 saturated heterocycles. The van der Waals surface area contributed by atoms with Crippen molar-refractivity contribution in [2.75, 3.05) is 40.0 Å². The van der Waals surface area contributed by atoms with Crippen molar-refractivity contribution in [1.29, 1.82) is 0 Å². The third-order valence-electron chi connectivity index (χ3n) is 7.35. The number of nitrogens with zero attached hydrogens (tertiary/aromatic N) is 2. The first-order chi connectivity index (χ1) is 22.0. The van der Waals surface area contributed by atoms with Crippen LogP contribution in [-0.4, -0.2) is 49.6 Å². The van der Waals surface area contributed by atoms with Gasteiger partial charge in [0, 0.05) is 42.8 Å². The van der Waals surface area contributed by atoms with Crippen molar-refractivity contribution in [2.45, 2.75) is 32.2 Å². The van der Waals surface area contributed by atoms with Crippen LogP contribution in [-0.2, 0) is 21.4 Å². The molecule has 0 saturated carbocycles. The fourth-order valence-corrected chi connectivity index (χ4v) is 5.76. The van der Waals surface area contributed by atoms with E-state index in [1.165, 1.54) is 30.7 Å². The first kappa shape index (κ1) is 32.4. The lowest BCUT2D eigenvalue weighted by Crippen LogP contribution is -2.32. The number of aromatic nitrogens is 1. The van der Waals surface area contributed by atoms with Crippen LogP contribution in [0.5, 0.6) is 11.6 Å². The zero-order valence-corrected chi connectivity index (χ0v) is 26.2. The molecule has 5 rings (SSSR count). The quantitative estimate of drug-likeness (QED) is 0.157. The minimum atomic E-state index is -3.34. The number of likely N-dealkylation sites (tertiary alicyclic amines) is 1. The monoisotopic (exact) mass is 646 g/mol. The van der Waals surface area contributed by atoms with Gasteiger partial charge < -0.3 is 20.7 Å². The Bertz CT molecular complexity index is 1780. The van der Waals surface area contributed by atoms with Gasteiger partial charge in [-0.05, 0) is 97.6 Å². The van der Waals surface area contributed by atoms with Crippen LogP contribution >= 0.6 is 0 Å². The van der Waals surface area contributed by atoms with Crippen molar-refractivity contribution >= 4 is 44.7 Å². The SMILES string of the molecule is CC(=O)Nc1cc(NC(=O)Nc2ccc(C3CCN(Cc4ccc(Oc5ccc(NS(C)(=O)=O)cc5)nc4)CC3)cc2)ccc1F. The molecule has 1 fully saturated rings. The molecular weight excluding hydrogens is 611 g/mol. The van der Waals surface area contributed by atoms with Crippen LogP contribution in [0.4, 0.5) is 31.9 Å². The molecule has 0 radical (unpaired) electrons. The van der Waals surface area contributed by atoms with Gasteiger partial charge in [0.25, 0.3) is 0 Å². The molecule has 1 aromatic heterocycles. The highest BCUT2D eigenvalue weighted by molar-refractivity contribution is 7.92. The average Bonchev–Trinajstić information content (AvgIpc) is 3.01. The van der Waals surface area contributed by atoms with E-state index in [1.54, 1.807) is 30.5 Å². The van der Waals surface area contributed by atoms with Crippen molar-refractivity contribution in [1.82, 2.24) is 9.88 Å². The van der Waals surface area contributed by atoms with E-state index in [9.17, 15) is 22.4 Å². The molecule has 2 heterocycles. The molecule has 0 bridgehead atoms. The lowest BCUT2D eigenvalue weighted by molar-refractivity contribution is -0.114. The van der Waals surface area contributed by atoms with Gasteiger partial charge in [0.1, 0.15) is 11.6 Å². The number of benzene rings is 3. The van der Waals surface area contributed by atoms with Crippen LogP contribution in [0.15, 0.2) is 85.1 Å². The maximum atomic E-state index is 13.9. The summed E-state index contributed by atoms with van der Waals surface area (Å²) in [7, 11) is -3.34. The molecule has 4 aromatic rings. The smallest absolute Gasteiger partial charge is 0.323 e. The fourth-order valence-electron chi connectivity index (χ4n) is 5.19. The number of carbonyl (C=O) groups excluding carboxylic acids is 2. The van der Waals surface area contributed by atoms with Crippen molar-refractivity contribution in [2.24, 2.45) is 0 Å². The van der Waals surface area contributed by atoms with Crippen molar-refractivity contribution in [3.63, 3.8) is 0 Å². The van der Waals surface area contributed by atoms with Gasteiger partial charge in [0.2, 0.25) is 21.8 Å². The first-order valence-corrected chi connectivity index (χ1v) is 16.6. The Hall–Kier alpha value is -5.01. The van der Waals surface area contributed by atoms with Crippen LogP contribution < -0.4 is 25.4 Å². The molecule has 13 heteroatoms. The molecule has 3 amide bonds.